The van der Waals surface area contributed by atoms with Gasteiger partial charge in [0.2, 0.25) is 0 Å². The Hall–Kier alpha value is -0.900. The largest absolute Gasteiger partial charge is 0.314 e. The third-order valence-electron chi connectivity index (χ3n) is 3.18. The highest BCUT2D eigenvalue weighted by molar-refractivity contribution is 4.81. The summed E-state index contributed by atoms with van der Waals surface area (Å²) in [6, 6.07) is 0.759. The Morgan fingerprint density at radius 3 is 3.13 bits per heavy atom. The minimum atomic E-state index is 0.759. The quantitative estimate of drug-likeness (QED) is 0.721. The van der Waals surface area contributed by atoms with E-state index < -0.39 is 0 Å². The van der Waals surface area contributed by atoms with Crippen molar-refractivity contribution in [2.75, 3.05) is 6.54 Å². The van der Waals surface area contributed by atoms with Gasteiger partial charge >= 0.3 is 0 Å². The van der Waals surface area contributed by atoms with Gasteiger partial charge in [0.05, 0.1) is 0 Å². The van der Waals surface area contributed by atoms with Crippen molar-refractivity contribution in [1.29, 1.82) is 0 Å². The Balaban J connectivity index is 1.55. The summed E-state index contributed by atoms with van der Waals surface area (Å²) in [6.45, 7) is 3.44. The molecule has 4 heteroatoms. The molecule has 0 spiro atoms. The summed E-state index contributed by atoms with van der Waals surface area (Å²) >= 11 is 0. The van der Waals surface area contributed by atoms with E-state index >= 15 is 0 Å². The molecule has 0 radical (unpaired) electrons. The first-order chi connectivity index (χ1) is 7.34. The van der Waals surface area contributed by atoms with Gasteiger partial charge in [0.25, 0.3) is 0 Å². The molecule has 0 aromatic carbocycles. The lowest BCUT2D eigenvalue weighted by Crippen LogP contribution is -2.27. The molecule has 15 heavy (non-hydrogen) atoms. The van der Waals surface area contributed by atoms with Crippen LogP contribution in [0.4, 0.5) is 0 Å². The van der Waals surface area contributed by atoms with Crippen molar-refractivity contribution in [2.45, 2.75) is 45.1 Å². The third-order valence-corrected chi connectivity index (χ3v) is 3.18. The van der Waals surface area contributed by atoms with Gasteiger partial charge in [-0.2, -0.15) is 5.10 Å². The lowest BCUT2D eigenvalue weighted by molar-refractivity contribution is 0.494. The molecule has 1 aliphatic carbocycles. The van der Waals surface area contributed by atoms with Crippen molar-refractivity contribution < 1.29 is 0 Å². The summed E-state index contributed by atoms with van der Waals surface area (Å²) in [5, 5.41) is 10.3. The molecule has 2 unspecified atom stereocenters. The van der Waals surface area contributed by atoms with Gasteiger partial charge in [0.15, 0.2) is 0 Å². The molecule has 0 aliphatic heterocycles. The molecule has 0 amide bonds. The first-order valence-corrected chi connectivity index (χ1v) is 5.92. The SMILES string of the molecule is CC1CCC(NCCCc2ncn[nH]2)C1. The number of aromatic amines is 1. The molecular formula is C11H20N4. The number of aromatic nitrogens is 3. The van der Waals surface area contributed by atoms with Gasteiger partial charge in [-0.3, -0.25) is 5.10 Å². The zero-order chi connectivity index (χ0) is 10.5. The van der Waals surface area contributed by atoms with E-state index in [1.54, 1.807) is 6.33 Å². The van der Waals surface area contributed by atoms with E-state index in [4.69, 9.17) is 0 Å². The second-order valence-electron chi connectivity index (χ2n) is 4.60. The van der Waals surface area contributed by atoms with Crippen LogP contribution in [0.3, 0.4) is 0 Å². The summed E-state index contributed by atoms with van der Waals surface area (Å²) in [5.74, 6) is 1.91. The summed E-state index contributed by atoms with van der Waals surface area (Å²) in [7, 11) is 0. The van der Waals surface area contributed by atoms with Crippen LogP contribution >= 0.6 is 0 Å². The Bertz CT molecular complexity index is 270. The van der Waals surface area contributed by atoms with Crippen molar-refractivity contribution in [3.63, 3.8) is 0 Å². The van der Waals surface area contributed by atoms with Crippen LogP contribution in [-0.4, -0.2) is 27.8 Å². The number of hydrogen-bond donors (Lipinski definition) is 2. The van der Waals surface area contributed by atoms with Crippen LogP contribution < -0.4 is 5.32 Å². The van der Waals surface area contributed by atoms with Crippen LogP contribution in [0.5, 0.6) is 0 Å². The zero-order valence-corrected chi connectivity index (χ0v) is 9.37. The molecule has 1 saturated carbocycles. The van der Waals surface area contributed by atoms with Crippen molar-refractivity contribution >= 4 is 0 Å². The standard InChI is InChI=1S/C11H20N4/c1-9-4-5-10(7-9)12-6-2-3-11-13-8-14-15-11/h8-10,12H,2-7H2,1H3,(H,13,14,15). The summed E-state index contributed by atoms with van der Waals surface area (Å²) in [5.41, 5.74) is 0. The monoisotopic (exact) mass is 208 g/mol. The Kier molecular flexibility index (Phi) is 3.72. The Morgan fingerprint density at radius 1 is 1.53 bits per heavy atom. The van der Waals surface area contributed by atoms with Crippen LogP contribution in [-0.2, 0) is 6.42 Å². The molecule has 2 rings (SSSR count). The molecule has 1 fully saturated rings. The molecular weight excluding hydrogens is 188 g/mol. The third kappa shape index (κ3) is 3.30. The number of H-pyrrole nitrogens is 1. The highest BCUT2D eigenvalue weighted by Crippen LogP contribution is 2.24. The molecule has 0 bridgehead atoms. The van der Waals surface area contributed by atoms with E-state index in [1.165, 1.54) is 19.3 Å². The molecule has 1 aliphatic rings. The topological polar surface area (TPSA) is 53.6 Å². The molecule has 1 aromatic rings. The maximum absolute atomic E-state index is 4.10. The highest BCUT2D eigenvalue weighted by Gasteiger charge is 2.19. The molecule has 2 atom stereocenters. The van der Waals surface area contributed by atoms with Crippen LogP contribution in [0, 0.1) is 5.92 Å². The fourth-order valence-corrected chi connectivity index (χ4v) is 2.31. The van der Waals surface area contributed by atoms with E-state index in [0.717, 1.165) is 37.2 Å². The lowest BCUT2D eigenvalue weighted by atomic mass is 10.1. The molecule has 1 heterocycles. The highest BCUT2D eigenvalue weighted by atomic mass is 15.2. The zero-order valence-electron chi connectivity index (χ0n) is 9.37. The minimum absolute atomic E-state index is 0.759. The number of hydrogen-bond acceptors (Lipinski definition) is 3. The molecule has 84 valence electrons. The molecule has 0 saturated heterocycles. The van der Waals surface area contributed by atoms with Gasteiger partial charge in [0.1, 0.15) is 12.2 Å². The van der Waals surface area contributed by atoms with Crippen LogP contribution in [0.15, 0.2) is 6.33 Å². The van der Waals surface area contributed by atoms with Gasteiger partial charge in [-0.25, -0.2) is 4.98 Å². The number of nitrogens with one attached hydrogen (secondary N) is 2. The van der Waals surface area contributed by atoms with Gasteiger partial charge in [-0.05, 0) is 38.1 Å². The van der Waals surface area contributed by atoms with E-state index in [9.17, 15) is 0 Å². The van der Waals surface area contributed by atoms with Crippen molar-refractivity contribution in [2.24, 2.45) is 5.92 Å². The predicted molar refractivity (Wildman–Crippen MR) is 59.5 cm³/mol. The summed E-state index contributed by atoms with van der Waals surface area (Å²) in [6.07, 6.45) is 7.79. The molecule has 2 N–H and O–H groups in total. The fourth-order valence-electron chi connectivity index (χ4n) is 2.31. The number of nitrogens with zero attached hydrogens (tertiary/aromatic N) is 2. The Labute approximate surface area is 90.9 Å². The van der Waals surface area contributed by atoms with E-state index in [2.05, 4.69) is 27.4 Å². The maximum atomic E-state index is 4.10. The van der Waals surface area contributed by atoms with Crippen LogP contribution in [0.2, 0.25) is 0 Å². The Morgan fingerprint density at radius 2 is 2.47 bits per heavy atom. The average molecular weight is 208 g/mol. The predicted octanol–water partition coefficient (Wildman–Crippen LogP) is 1.52. The molecule has 1 aromatic heterocycles. The lowest BCUT2D eigenvalue weighted by Gasteiger charge is -2.11. The molecule has 4 nitrogen and oxygen atoms in total. The summed E-state index contributed by atoms with van der Waals surface area (Å²) in [4.78, 5) is 4.10. The van der Waals surface area contributed by atoms with Crippen LogP contribution in [0.25, 0.3) is 0 Å². The smallest absolute Gasteiger partial charge is 0.137 e. The maximum Gasteiger partial charge on any atom is 0.137 e. The van der Waals surface area contributed by atoms with Crippen molar-refractivity contribution in [1.82, 2.24) is 20.5 Å². The number of rotatable bonds is 5. The average Bonchev–Trinajstić information content (AvgIpc) is 2.84. The van der Waals surface area contributed by atoms with Crippen molar-refractivity contribution in [3.05, 3.63) is 12.2 Å². The van der Waals surface area contributed by atoms with Gasteiger partial charge in [0, 0.05) is 12.5 Å². The van der Waals surface area contributed by atoms with Gasteiger partial charge in [-0.15, -0.1) is 0 Å². The van der Waals surface area contributed by atoms with E-state index in [-0.39, 0.29) is 0 Å². The van der Waals surface area contributed by atoms with E-state index in [0.29, 0.717) is 0 Å². The summed E-state index contributed by atoms with van der Waals surface area (Å²) < 4.78 is 0. The van der Waals surface area contributed by atoms with E-state index in [1.807, 2.05) is 0 Å². The first-order valence-electron chi connectivity index (χ1n) is 5.92. The second-order valence-corrected chi connectivity index (χ2v) is 4.60. The van der Waals surface area contributed by atoms with Crippen LogP contribution in [0.1, 0.15) is 38.4 Å². The fraction of sp³-hybridized carbons (Fsp3) is 0.818. The number of aryl methyl sites for hydroxylation is 1. The van der Waals surface area contributed by atoms with Gasteiger partial charge < -0.3 is 5.32 Å². The second kappa shape index (κ2) is 5.26. The minimum Gasteiger partial charge on any atom is -0.314 e. The van der Waals surface area contributed by atoms with Gasteiger partial charge in [-0.1, -0.05) is 6.92 Å². The normalized spacial score (nSPS) is 25.9. The first kappa shape index (κ1) is 10.6. The van der Waals surface area contributed by atoms with Crippen molar-refractivity contribution in [3.8, 4) is 0 Å².